The maximum Gasteiger partial charge on any atom is 0.197 e. The van der Waals surface area contributed by atoms with Crippen molar-refractivity contribution in [3.8, 4) is 11.5 Å². The summed E-state index contributed by atoms with van der Waals surface area (Å²) in [5.74, 6) is -2.44. The van der Waals surface area contributed by atoms with Crippen LogP contribution in [0.2, 0.25) is 0 Å². The number of phenolic OH excluding ortho intramolecular Hbond substituents is 1. The van der Waals surface area contributed by atoms with Crippen LogP contribution in [-0.4, -0.2) is 18.8 Å². The largest absolute Gasteiger partial charge is 0.504 e. The van der Waals surface area contributed by atoms with Gasteiger partial charge in [-0.3, -0.25) is 0 Å². The number of methoxy groups -OCH3 is 1. The number of nitrogens with two attached hydrogens (primary N) is 1. The first-order chi connectivity index (χ1) is 7.61. The van der Waals surface area contributed by atoms with Crippen LogP contribution in [0.3, 0.4) is 0 Å². The minimum atomic E-state index is -0.903. The van der Waals surface area contributed by atoms with Crippen molar-refractivity contribution in [2.24, 2.45) is 5.73 Å². The molecule has 0 bridgehead atoms. The van der Waals surface area contributed by atoms with Crippen LogP contribution in [0.4, 0.5) is 8.78 Å². The minimum absolute atomic E-state index is 0.0756. The molecule has 1 rings (SSSR count). The van der Waals surface area contributed by atoms with Gasteiger partial charge in [0.05, 0.1) is 7.11 Å². The van der Waals surface area contributed by atoms with Crippen molar-refractivity contribution in [2.45, 2.75) is 19.3 Å². The van der Waals surface area contributed by atoms with Gasteiger partial charge >= 0.3 is 0 Å². The third-order valence-electron chi connectivity index (χ3n) is 2.34. The molecule has 0 atom stereocenters. The van der Waals surface area contributed by atoms with Crippen LogP contribution in [0, 0.1) is 11.6 Å². The molecule has 16 heavy (non-hydrogen) atoms. The molecule has 0 saturated carbocycles. The third kappa shape index (κ3) is 2.61. The highest BCUT2D eigenvalue weighted by atomic mass is 19.1. The molecular weight excluding hydrogens is 216 g/mol. The van der Waals surface area contributed by atoms with Crippen LogP contribution in [0.25, 0.3) is 0 Å². The Morgan fingerprint density at radius 1 is 1.31 bits per heavy atom. The normalized spacial score (nSPS) is 10.5. The molecular formula is C11H15F2NO2. The Labute approximate surface area is 92.8 Å². The van der Waals surface area contributed by atoms with Gasteiger partial charge in [-0.15, -0.1) is 0 Å². The molecule has 0 heterocycles. The summed E-state index contributed by atoms with van der Waals surface area (Å²) in [5.41, 5.74) is 5.38. The van der Waals surface area contributed by atoms with Crippen LogP contribution < -0.4 is 10.5 Å². The fourth-order valence-electron chi connectivity index (χ4n) is 1.51. The number of hydrogen-bond acceptors (Lipinski definition) is 3. The molecule has 3 N–H and O–H groups in total. The Balaban J connectivity index is 2.98. The van der Waals surface area contributed by atoms with E-state index in [2.05, 4.69) is 4.74 Å². The molecule has 3 nitrogen and oxygen atoms in total. The number of aromatic hydroxyl groups is 1. The molecule has 1 aromatic carbocycles. The van der Waals surface area contributed by atoms with E-state index in [1.54, 1.807) is 0 Å². The number of unbranched alkanes of at least 4 members (excludes halogenated alkanes) is 1. The predicted molar refractivity (Wildman–Crippen MR) is 56.6 cm³/mol. The van der Waals surface area contributed by atoms with E-state index >= 15 is 0 Å². The first-order valence-electron chi connectivity index (χ1n) is 5.05. The summed E-state index contributed by atoms with van der Waals surface area (Å²) in [7, 11) is 1.22. The molecule has 0 aliphatic carbocycles. The molecule has 0 radical (unpaired) electrons. The molecule has 0 aromatic heterocycles. The summed E-state index contributed by atoms with van der Waals surface area (Å²) in [6, 6.07) is 0.719. The lowest BCUT2D eigenvalue weighted by Crippen LogP contribution is -2.01. The number of hydrogen-bond donors (Lipinski definition) is 2. The van der Waals surface area contributed by atoms with E-state index in [1.807, 2.05) is 0 Å². The highest BCUT2D eigenvalue weighted by Gasteiger charge is 2.18. The van der Waals surface area contributed by atoms with E-state index in [0.717, 1.165) is 12.5 Å². The van der Waals surface area contributed by atoms with Crippen molar-refractivity contribution in [3.05, 3.63) is 23.3 Å². The third-order valence-corrected chi connectivity index (χ3v) is 2.34. The van der Waals surface area contributed by atoms with Gasteiger partial charge in [0.1, 0.15) is 5.82 Å². The Morgan fingerprint density at radius 2 is 2.00 bits per heavy atom. The van der Waals surface area contributed by atoms with Crippen LogP contribution >= 0.6 is 0 Å². The van der Waals surface area contributed by atoms with E-state index < -0.39 is 17.4 Å². The standard InChI is InChI=1S/C11H15F2NO2/c1-16-11-9(13)6-8(12)7(10(11)15)4-2-3-5-14/h6,15H,2-5,14H2,1H3. The lowest BCUT2D eigenvalue weighted by Gasteiger charge is -2.10. The lowest BCUT2D eigenvalue weighted by molar-refractivity contribution is 0.343. The summed E-state index contributed by atoms with van der Waals surface area (Å²) < 4.78 is 31.2. The summed E-state index contributed by atoms with van der Waals surface area (Å²) in [4.78, 5) is 0. The SMILES string of the molecule is COc1c(F)cc(F)c(CCCCN)c1O. The Hall–Kier alpha value is -1.36. The van der Waals surface area contributed by atoms with E-state index in [1.165, 1.54) is 7.11 Å². The van der Waals surface area contributed by atoms with Gasteiger partial charge in [0.25, 0.3) is 0 Å². The predicted octanol–water partition coefficient (Wildman–Crippen LogP) is 1.96. The summed E-state index contributed by atoms with van der Waals surface area (Å²) in [6.07, 6.45) is 1.67. The average Bonchev–Trinajstić information content (AvgIpc) is 2.23. The van der Waals surface area contributed by atoms with E-state index in [-0.39, 0.29) is 11.3 Å². The van der Waals surface area contributed by atoms with Gasteiger partial charge in [-0.1, -0.05) is 0 Å². The fourth-order valence-corrected chi connectivity index (χ4v) is 1.51. The molecule has 0 fully saturated rings. The Kier molecular flexibility index (Phi) is 4.49. The highest BCUT2D eigenvalue weighted by Crippen LogP contribution is 2.35. The maximum atomic E-state index is 13.4. The second kappa shape index (κ2) is 5.65. The zero-order valence-electron chi connectivity index (χ0n) is 9.09. The molecule has 90 valence electrons. The van der Waals surface area contributed by atoms with Gasteiger partial charge in [0, 0.05) is 11.6 Å². The second-order valence-corrected chi connectivity index (χ2v) is 3.45. The van der Waals surface area contributed by atoms with Gasteiger partial charge in [-0.2, -0.15) is 0 Å². The number of halogens is 2. The van der Waals surface area contributed by atoms with Crippen molar-refractivity contribution < 1.29 is 18.6 Å². The van der Waals surface area contributed by atoms with Gasteiger partial charge in [0.15, 0.2) is 17.3 Å². The monoisotopic (exact) mass is 231 g/mol. The number of ether oxygens (including phenoxy) is 1. The zero-order valence-corrected chi connectivity index (χ0v) is 9.09. The molecule has 5 heteroatoms. The zero-order chi connectivity index (χ0) is 12.1. The second-order valence-electron chi connectivity index (χ2n) is 3.45. The van der Waals surface area contributed by atoms with Gasteiger partial charge in [-0.25, -0.2) is 8.78 Å². The molecule has 0 spiro atoms. The average molecular weight is 231 g/mol. The van der Waals surface area contributed by atoms with Crippen LogP contribution in [0.1, 0.15) is 18.4 Å². The van der Waals surface area contributed by atoms with Crippen molar-refractivity contribution in [2.75, 3.05) is 13.7 Å². The van der Waals surface area contributed by atoms with Crippen LogP contribution in [0.5, 0.6) is 11.5 Å². The topological polar surface area (TPSA) is 55.5 Å². The van der Waals surface area contributed by atoms with Crippen molar-refractivity contribution in [3.63, 3.8) is 0 Å². The smallest absolute Gasteiger partial charge is 0.197 e. The van der Waals surface area contributed by atoms with E-state index in [9.17, 15) is 13.9 Å². The molecule has 1 aromatic rings. The quantitative estimate of drug-likeness (QED) is 0.762. The van der Waals surface area contributed by atoms with Gasteiger partial charge < -0.3 is 15.6 Å². The Morgan fingerprint density at radius 3 is 2.56 bits per heavy atom. The van der Waals surface area contributed by atoms with E-state index in [0.29, 0.717) is 19.4 Å². The van der Waals surface area contributed by atoms with Gasteiger partial charge in [0.2, 0.25) is 0 Å². The fraction of sp³-hybridized carbons (Fsp3) is 0.455. The Bertz CT molecular complexity index is 369. The molecule has 0 unspecified atom stereocenters. The number of phenols is 1. The molecule has 0 aliphatic rings. The van der Waals surface area contributed by atoms with Crippen molar-refractivity contribution >= 4 is 0 Å². The van der Waals surface area contributed by atoms with Crippen LogP contribution in [-0.2, 0) is 6.42 Å². The molecule has 0 saturated heterocycles. The van der Waals surface area contributed by atoms with Gasteiger partial charge in [-0.05, 0) is 25.8 Å². The summed E-state index contributed by atoms with van der Waals surface area (Å²) >= 11 is 0. The first-order valence-corrected chi connectivity index (χ1v) is 5.05. The molecule has 0 amide bonds. The summed E-state index contributed by atoms with van der Waals surface area (Å²) in [6.45, 7) is 0.501. The first kappa shape index (κ1) is 12.7. The van der Waals surface area contributed by atoms with Crippen molar-refractivity contribution in [1.29, 1.82) is 0 Å². The van der Waals surface area contributed by atoms with E-state index in [4.69, 9.17) is 5.73 Å². The van der Waals surface area contributed by atoms with Crippen LogP contribution in [0.15, 0.2) is 6.07 Å². The number of benzene rings is 1. The number of rotatable bonds is 5. The van der Waals surface area contributed by atoms with Crippen molar-refractivity contribution in [1.82, 2.24) is 0 Å². The maximum absolute atomic E-state index is 13.4. The lowest BCUT2D eigenvalue weighted by atomic mass is 10.1. The highest BCUT2D eigenvalue weighted by molar-refractivity contribution is 5.47. The summed E-state index contributed by atoms with van der Waals surface area (Å²) in [5, 5.41) is 9.61. The minimum Gasteiger partial charge on any atom is -0.504 e. The molecule has 0 aliphatic heterocycles.